The van der Waals surface area contributed by atoms with Crippen LogP contribution in [0.25, 0.3) is 0 Å². The zero-order valence-corrected chi connectivity index (χ0v) is 10.3. The summed E-state index contributed by atoms with van der Waals surface area (Å²) < 4.78 is 5.06. The molecule has 16 heavy (non-hydrogen) atoms. The van der Waals surface area contributed by atoms with Crippen LogP contribution < -0.4 is 5.32 Å². The molecule has 0 fully saturated rings. The Kier molecular flexibility index (Phi) is 5.37. The number of nitro groups is 1. The van der Waals surface area contributed by atoms with Crippen molar-refractivity contribution in [3.63, 3.8) is 0 Å². The maximum absolute atomic E-state index is 10.5. The van der Waals surface area contributed by atoms with Gasteiger partial charge < -0.3 is 10.1 Å². The lowest BCUT2D eigenvalue weighted by molar-refractivity contribution is -0.380. The van der Waals surface area contributed by atoms with Crippen LogP contribution in [0.5, 0.6) is 0 Å². The van der Waals surface area contributed by atoms with Gasteiger partial charge in [-0.2, -0.15) is 0 Å². The molecule has 0 spiro atoms. The minimum atomic E-state index is -0.360. The normalized spacial score (nSPS) is 12.6. The fourth-order valence-corrected chi connectivity index (χ4v) is 2.06. The van der Waals surface area contributed by atoms with E-state index >= 15 is 0 Å². The number of rotatable bonds is 7. The maximum Gasteiger partial charge on any atom is 0.324 e. The van der Waals surface area contributed by atoms with Crippen molar-refractivity contribution in [1.29, 1.82) is 0 Å². The number of nitrogens with zero attached hydrogens (tertiary/aromatic N) is 1. The van der Waals surface area contributed by atoms with Crippen molar-refractivity contribution in [2.75, 3.05) is 13.7 Å². The summed E-state index contributed by atoms with van der Waals surface area (Å²) in [5.74, 6) is 0. The van der Waals surface area contributed by atoms with Gasteiger partial charge in [-0.25, -0.2) is 0 Å². The Labute approximate surface area is 98.6 Å². The minimum Gasteiger partial charge on any atom is -0.383 e. The van der Waals surface area contributed by atoms with Gasteiger partial charge in [0.2, 0.25) is 0 Å². The van der Waals surface area contributed by atoms with Crippen molar-refractivity contribution in [2.24, 2.45) is 0 Å². The molecule has 1 heterocycles. The average molecular weight is 244 g/mol. The van der Waals surface area contributed by atoms with Gasteiger partial charge in [0, 0.05) is 31.1 Å². The topological polar surface area (TPSA) is 64.4 Å². The molecule has 5 nitrogen and oxygen atoms in total. The molecule has 1 unspecified atom stereocenters. The number of methoxy groups -OCH3 is 1. The summed E-state index contributed by atoms with van der Waals surface area (Å²) in [5, 5.41) is 15.8. The summed E-state index contributed by atoms with van der Waals surface area (Å²) in [7, 11) is 1.67. The van der Waals surface area contributed by atoms with Crippen molar-refractivity contribution in [3.05, 3.63) is 27.1 Å². The van der Waals surface area contributed by atoms with Crippen LogP contribution in [0, 0.1) is 10.1 Å². The number of hydrogen-bond acceptors (Lipinski definition) is 5. The lowest BCUT2D eigenvalue weighted by atomic mass is 10.2. The van der Waals surface area contributed by atoms with Crippen LogP contribution in [0.1, 0.15) is 18.9 Å². The third-order valence-corrected chi connectivity index (χ3v) is 3.20. The van der Waals surface area contributed by atoms with E-state index in [9.17, 15) is 10.1 Å². The number of nitrogens with one attached hydrogen (secondary N) is 1. The van der Waals surface area contributed by atoms with Crippen LogP contribution in [-0.2, 0) is 11.3 Å². The van der Waals surface area contributed by atoms with E-state index < -0.39 is 0 Å². The predicted molar refractivity (Wildman–Crippen MR) is 63.8 cm³/mol. The molecule has 0 aliphatic heterocycles. The molecule has 0 amide bonds. The second-order valence-corrected chi connectivity index (χ2v) is 4.38. The van der Waals surface area contributed by atoms with Crippen LogP contribution in [0.4, 0.5) is 5.00 Å². The Morgan fingerprint density at radius 2 is 2.44 bits per heavy atom. The van der Waals surface area contributed by atoms with E-state index in [0.29, 0.717) is 19.2 Å². The molecular weight excluding hydrogens is 228 g/mol. The lowest BCUT2D eigenvalue weighted by Gasteiger charge is -2.14. The molecule has 1 atom stereocenters. The lowest BCUT2D eigenvalue weighted by Crippen LogP contribution is -2.31. The van der Waals surface area contributed by atoms with Gasteiger partial charge in [-0.3, -0.25) is 10.1 Å². The highest BCUT2D eigenvalue weighted by molar-refractivity contribution is 7.13. The van der Waals surface area contributed by atoms with E-state index in [1.54, 1.807) is 13.2 Å². The van der Waals surface area contributed by atoms with Gasteiger partial charge in [-0.15, -0.1) is 0 Å². The SMILES string of the molecule is CCC(COC)NCc1csc([N+](=O)[O-])c1. The molecule has 1 N–H and O–H groups in total. The smallest absolute Gasteiger partial charge is 0.324 e. The maximum atomic E-state index is 10.5. The molecule has 0 aliphatic carbocycles. The van der Waals surface area contributed by atoms with Crippen molar-refractivity contribution >= 4 is 16.3 Å². The van der Waals surface area contributed by atoms with Gasteiger partial charge in [0.05, 0.1) is 11.5 Å². The first-order valence-corrected chi connectivity index (χ1v) is 5.99. The second kappa shape index (κ2) is 6.57. The van der Waals surface area contributed by atoms with Gasteiger partial charge in [0.15, 0.2) is 0 Å². The molecule has 0 bridgehead atoms. The molecule has 1 aromatic heterocycles. The molecule has 0 radical (unpaired) electrons. The molecule has 1 aromatic rings. The summed E-state index contributed by atoms with van der Waals surface area (Å²) in [6, 6.07) is 1.90. The summed E-state index contributed by atoms with van der Waals surface area (Å²) in [5.41, 5.74) is 0.950. The number of hydrogen-bond donors (Lipinski definition) is 1. The van der Waals surface area contributed by atoms with Crippen LogP contribution in [0.3, 0.4) is 0 Å². The van der Waals surface area contributed by atoms with E-state index in [4.69, 9.17) is 4.74 Å². The Morgan fingerprint density at radius 1 is 1.69 bits per heavy atom. The van der Waals surface area contributed by atoms with Gasteiger partial charge in [-0.1, -0.05) is 18.3 Å². The van der Waals surface area contributed by atoms with E-state index in [1.165, 1.54) is 0 Å². The van der Waals surface area contributed by atoms with Gasteiger partial charge in [0.1, 0.15) is 0 Å². The summed E-state index contributed by atoms with van der Waals surface area (Å²) in [4.78, 5) is 10.1. The van der Waals surface area contributed by atoms with Crippen molar-refractivity contribution in [2.45, 2.75) is 25.9 Å². The first-order valence-electron chi connectivity index (χ1n) is 5.11. The number of ether oxygens (including phenoxy) is 1. The molecule has 6 heteroatoms. The van der Waals surface area contributed by atoms with Crippen molar-refractivity contribution in [1.82, 2.24) is 5.32 Å². The standard InChI is InChI=1S/C10H16N2O3S/c1-3-9(6-15-2)11-5-8-4-10(12(13)14)16-7-8/h4,7,9,11H,3,5-6H2,1-2H3. The van der Waals surface area contributed by atoms with E-state index in [0.717, 1.165) is 23.3 Å². The molecule has 0 aliphatic rings. The molecule has 90 valence electrons. The summed E-state index contributed by atoms with van der Waals surface area (Å²) in [6.45, 7) is 3.38. The van der Waals surface area contributed by atoms with Crippen molar-refractivity contribution < 1.29 is 9.66 Å². The molecule has 0 saturated heterocycles. The Morgan fingerprint density at radius 3 is 2.94 bits per heavy atom. The van der Waals surface area contributed by atoms with E-state index in [1.807, 2.05) is 5.38 Å². The van der Waals surface area contributed by atoms with Crippen LogP contribution in [0.2, 0.25) is 0 Å². The quantitative estimate of drug-likeness (QED) is 0.589. The van der Waals surface area contributed by atoms with Gasteiger partial charge in [0.25, 0.3) is 0 Å². The van der Waals surface area contributed by atoms with E-state index in [-0.39, 0.29) is 9.92 Å². The third-order valence-electron chi connectivity index (χ3n) is 2.28. The fourth-order valence-electron chi connectivity index (χ4n) is 1.34. The monoisotopic (exact) mass is 244 g/mol. The molecule has 1 rings (SSSR count). The largest absolute Gasteiger partial charge is 0.383 e. The van der Waals surface area contributed by atoms with E-state index in [2.05, 4.69) is 12.2 Å². The van der Waals surface area contributed by atoms with Crippen LogP contribution in [-0.4, -0.2) is 24.7 Å². The van der Waals surface area contributed by atoms with Gasteiger partial charge >= 0.3 is 5.00 Å². The zero-order chi connectivity index (χ0) is 12.0. The zero-order valence-electron chi connectivity index (χ0n) is 9.43. The molecule has 0 saturated carbocycles. The first kappa shape index (κ1) is 13.1. The predicted octanol–water partition coefficient (Wildman–Crippen LogP) is 2.17. The fraction of sp³-hybridized carbons (Fsp3) is 0.600. The summed E-state index contributed by atoms with van der Waals surface area (Å²) >= 11 is 1.16. The van der Waals surface area contributed by atoms with Gasteiger partial charge in [-0.05, 0) is 12.0 Å². The average Bonchev–Trinajstić information content (AvgIpc) is 2.73. The highest BCUT2D eigenvalue weighted by Gasteiger charge is 2.10. The second-order valence-electron chi connectivity index (χ2n) is 3.49. The van der Waals surface area contributed by atoms with Crippen molar-refractivity contribution in [3.8, 4) is 0 Å². The Bertz CT molecular complexity index is 341. The highest BCUT2D eigenvalue weighted by Crippen LogP contribution is 2.22. The molecular formula is C10H16N2O3S. The van der Waals surface area contributed by atoms with Crippen LogP contribution in [0.15, 0.2) is 11.4 Å². The minimum absolute atomic E-state index is 0.191. The highest BCUT2D eigenvalue weighted by atomic mass is 32.1. The first-order chi connectivity index (χ1) is 7.67. The van der Waals surface area contributed by atoms with Crippen LogP contribution >= 0.6 is 11.3 Å². The Balaban J connectivity index is 2.44. The Hall–Kier alpha value is -0.980. The number of thiophene rings is 1. The third kappa shape index (κ3) is 3.88. The summed E-state index contributed by atoms with van der Waals surface area (Å²) in [6.07, 6.45) is 0.972. The molecule has 0 aromatic carbocycles.